The zero-order valence-electron chi connectivity index (χ0n) is 8.97. The summed E-state index contributed by atoms with van der Waals surface area (Å²) in [6.45, 7) is 7.57. The summed E-state index contributed by atoms with van der Waals surface area (Å²) in [5.41, 5.74) is 5.15. The lowest BCUT2D eigenvalue weighted by Gasteiger charge is -2.04. The smallest absolute Gasteiger partial charge is 0.327 e. The molecule has 0 aromatic carbocycles. The Labute approximate surface area is 90.5 Å². The molecule has 0 aromatic rings. The first-order chi connectivity index (χ1) is 6.25. The quantitative estimate of drug-likeness (QED) is 0.313. The zero-order chi connectivity index (χ0) is 11.7. The fourth-order valence-electron chi connectivity index (χ4n) is 0.461. The van der Waals surface area contributed by atoms with Crippen LogP contribution in [0, 0.1) is 0 Å². The molecule has 0 aliphatic carbocycles. The molecule has 0 aromatic heterocycles. The summed E-state index contributed by atoms with van der Waals surface area (Å²) in [7, 11) is -2.14. The fraction of sp³-hybridized carbons (Fsp3) is 0.857. The minimum Gasteiger partial charge on any atom is -0.328 e. The van der Waals surface area contributed by atoms with E-state index in [0.29, 0.717) is 10.4 Å². The molecule has 0 saturated heterocycles. The van der Waals surface area contributed by atoms with Crippen molar-refractivity contribution in [1.82, 2.24) is 0 Å². The highest BCUT2D eigenvalue weighted by molar-refractivity contribution is 8.13. The van der Waals surface area contributed by atoms with Gasteiger partial charge in [-0.2, -0.15) is 0 Å². The maximum Gasteiger partial charge on any atom is 0.327 e. The molecule has 14 heavy (non-hydrogen) atoms. The normalized spacial score (nSPS) is 10.4. The predicted molar refractivity (Wildman–Crippen MR) is 61.4 cm³/mol. The molecule has 0 aliphatic rings. The van der Waals surface area contributed by atoms with Crippen LogP contribution in [-0.4, -0.2) is 26.3 Å². The molecule has 0 fully saturated rings. The first kappa shape index (κ1) is 16.6. The third-order valence-electron chi connectivity index (χ3n) is 0.677. The summed E-state index contributed by atoms with van der Waals surface area (Å²) in [6, 6.07) is 0. The lowest BCUT2D eigenvalue weighted by Crippen LogP contribution is -2.43. The Morgan fingerprint density at radius 3 is 1.79 bits per heavy atom. The van der Waals surface area contributed by atoms with Crippen LogP contribution in [0.3, 0.4) is 0 Å². The molecule has 7 heteroatoms. The molecular formula is C7H20N2O3PS+. The Bertz CT molecular complexity index is 150. The van der Waals surface area contributed by atoms with Crippen molar-refractivity contribution in [2.45, 2.75) is 39.0 Å². The highest BCUT2D eigenvalue weighted by Crippen LogP contribution is 2.25. The second-order valence-electron chi connectivity index (χ2n) is 2.98. The van der Waals surface area contributed by atoms with Crippen molar-refractivity contribution in [1.29, 1.82) is 0 Å². The number of amidine groups is 1. The average Bonchev–Trinajstić information content (AvgIpc) is 1.79. The molecule has 6 N–H and O–H groups in total. The van der Waals surface area contributed by atoms with Crippen molar-refractivity contribution in [3.05, 3.63) is 0 Å². The fourth-order valence-corrected chi connectivity index (χ4v) is 1.38. The highest BCUT2D eigenvalue weighted by atomic mass is 32.2. The Kier molecular flexibility index (Phi) is 11.4. The van der Waals surface area contributed by atoms with Gasteiger partial charge in [0.2, 0.25) is 0 Å². The first-order valence-corrected chi connectivity index (χ1v) is 6.19. The van der Waals surface area contributed by atoms with Gasteiger partial charge in [-0.05, 0) is 25.6 Å². The zero-order valence-corrected chi connectivity index (χ0v) is 10.7. The van der Waals surface area contributed by atoms with E-state index in [1.807, 2.05) is 13.8 Å². The standard InChI is InChI=1S/C4H10N2S.C3H9O3P/c1-3(2)7-4(5)6;1-3(2)6-7(4)5/h3H,1-2H3,(H3,5,6);3-5H,1-2H3/p+1. The van der Waals surface area contributed by atoms with Gasteiger partial charge in [0.25, 0.3) is 5.17 Å². The summed E-state index contributed by atoms with van der Waals surface area (Å²) in [4.78, 5) is 16.2. The Morgan fingerprint density at radius 1 is 1.36 bits per heavy atom. The molecule has 86 valence electrons. The van der Waals surface area contributed by atoms with Crippen LogP contribution >= 0.6 is 20.4 Å². The monoisotopic (exact) mass is 243 g/mol. The molecular weight excluding hydrogens is 223 g/mol. The van der Waals surface area contributed by atoms with Gasteiger partial charge in [-0.1, -0.05) is 13.8 Å². The molecule has 0 heterocycles. The minimum absolute atomic E-state index is 0.0962. The van der Waals surface area contributed by atoms with Gasteiger partial charge in [0.05, 0.1) is 6.10 Å². The molecule has 0 amide bonds. The van der Waals surface area contributed by atoms with Gasteiger partial charge in [0.15, 0.2) is 0 Å². The highest BCUT2D eigenvalue weighted by Gasteiger charge is 2.00. The van der Waals surface area contributed by atoms with Gasteiger partial charge >= 0.3 is 8.60 Å². The number of hydrogen-bond acceptors (Lipinski definition) is 4. The van der Waals surface area contributed by atoms with Crippen molar-refractivity contribution >= 4 is 25.5 Å². The topological polar surface area (TPSA) is 101 Å². The summed E-state index contributed by atoms with van der Waals surface area (Å²) < 4.78 is 4.43. The summed E-state index contributed by atoms with van der Waals surface area (Å²) >= 11 is 1.48. The van der Waals surface area contributed by atoms with E-state index in [0.717, 1.165) is 0 Å². The maximum absolute atomic E-state index is 8.12. The molecule has 0 rings (SSSR count). The van der Waals surface area contributed by atoms with Gasteiger partial charge < -0.3 is 14.3 Å². The van der Waals surface area contributed by atoms with Crippen molar-refractivity contribution in [3.8, 4) is 0 Å². The molecule has 5 nitrogen and oxygen atoms in total. The van der Waals surface area contributed by atoms with Crippen LogP contribution in [0.1, 0.15) is 27.7 Å². The van der Waals surface area contributed by atoms with Crippen molar-refractivity contribution < 1.29 is 19.7 Å². The maximum atomic E-state index is 8.12. The van der Waals surface area contributed by atoms with Gasteiger partial charge in [0, 0.05) is 5.25 Å². The number of rotatable bonds is 3. The summed E-state index contributed by atoms with van der Waals surface area (Å²) in [5, 5.41) is 6.11. The van der Waals surface area contributed by atoms with Crippen LogP contribution < -0.4 is 11.1 Å². The second-order valence-corrected chi connectivity index (χ2v) is 5.34. The van der Waals surface area contributed by atoms with Gasteiger partial charge in [-0.25, -0.2) is 0 Å². The van der Waals surface area contributed by atoms with Crippen LogP contribution in [0.4, 0.5) is 0 Å². The number of thioether (sulfide) groups is 1. The SMILES string of the molecule is CC(C)OP(O)O.CC(C)SC(N)=[NH2+]. The molecule has 0 unspecified atom stereocenters. The van der Waals surface area contributed by atoms with E-state index in [9.17, 15) is 0 Å². The van der Waals surface area contributed by atoms with Crippen LogP contribution in [-0.2, 0) is 4.52 Å². The van der Waals surface area contributed by atoms with Crippen LogP contribution in [0.15, 0.2) is 0 Å². The third-order valence-corrected chi connectivity index (χ3v) is 2.03. The number of hydrogen-bond donors (Lipinski definition) is 4. The Hall–Kier alpha value is 0.130. The van der Waals surface area contributed by atoms with E-state index in [1.54, 1.807) is 13.8 Å². The average molecular weight is 243 g/mol. The molecule has 0 bridgehead atoms. The molecule has 0 atom stereocenters. The molecule has 0 saturated carbocycles. The molecule has 0 radical (unpaired) electrons. The third kappa shape index (κ3) is 22.7. The van der Waals surface area contributed by atoms with Crippen molar-refractivity contribution in [2.24, 2.45) is 5.73 Å². The van der Waals surface area contributed by atoms with E-state index in [-0.39, 0.29) is 6.10 Å². The predicted octanol–water partition coefficient (Wildman–Crippen LogP) is -0.175. The molecule has 0 spiro atoms. The Morgan fingerprint density at radius 2 is 1.79 bits per heavy atom. The van der Waals surface area contributed by atoms with Crippen LogP contribution in [0.25, 0.3) is 0 Å². The molecule has 0 aliphatic heterocycles. The summed E-state index contributed by atoms with van der Waals surface area (Å²) in [5.74, 6) is 0. The minimum atomic E-state index is -2.14. The van der Waals surface area contributed by atoms with Crippen molar-refractivity contribution in [2.75, 3.05) is 0 Å². The van der Waals surface area contributed by atoms with Gasteiger partial charge in [-0.15, -0.1) is 0 Å². The van der Waals surface area contributed by atoms with E-state index >= 15 is 0 Å². The van der Waals surface area contributed by atoms with E-state index in [2.05, 4.69) is 4.52 Å². The van der Waals surface area contributed by atoms with E-state index in [4.69, 9.17) is 20.9 Å². The number of nitrogens with two attached hydrogens (primary N) is 2. The second kappa shape index (κ2) is 9.68. The first-order valence-electron chi connectivity index (χ1n) is 4.14. The van der Waals surface area contributed by atoms with Crippen LogP contribution in [0.5, 0.6) is 0 Å². The van der Waals surface area contributed by atoms with Gasteiger partial charge in [0.1, 0.15) is 0 Å². The summed E-state index contributed by atoms with van der Waals surface area (Å²) in [6.07, 6.45) is -0.0962. The largest absolute Gasteiger partial charge is 0.328 e. The van der Waals surface area contributed by atoms with E-state index < -0.39 is 8.60 Å². The Balaban J connectivity index is 0. The van der Waals surface area contributed by atoms with Crippen molar-refractivity contribution in [3.63, 3.8) is 0 Å². The lowest BCUT2D eigenvalue weighted by molar-refractivity contribution is -0.110. The van der Waals surface area contributed by atoms with Crippen LogP contribution in [0.2, 0.25) is 0 Å². The lowest BCUT2D eigenvalue weighted by atomic mass is 10.5. The van der Waals surface area contributed by atoms with Gasteiger partial charge in [-0.3, -0.25) is 11.1 Å². The van der Waals surface area contributed by atoms with E-state index in [1.165, 1.54) is 11.8 Å².